The molecule has 18 heavy (non-hydrogen) atoms. The number of alkyl halides is 1. The minimum Gasteiger partial charge on any atom is -0.479 e. The first-order valence-electron chi connectivity index (χ1n) is 5.46. The Morgan fingerprint density at radius 3 is 1.67 bits per heavy atom. The zero-order valence-electron chi connectivity index (χ0n) is 9.53. The monoisotopic (exact) mass is 261 g/mol. The van der Waals surface area contributed by atoms with Gasteiger partial charge in [-0.1, -0.05) is 48.0 Å². The van der Waals surface area contributed by atoms with Crippen molar-refractivity contribution in [1.82, 2.24) is 0 Å². The van der Waals surface area contributed by atoms with Crippen molar-refractivity contribution in [3.63, 3.8) is 0 Å². The highest BCUT2D eigenvalue weighted by Gasteiger charge is 2.24. The van der Waals surface area contributed by atoms with Crippen molar-refractivity contribution < 1.29 is 9.90 Å². The number of hydrogen-bond donors (Lipinski definition) is 1. The van der Waals surface area contributed by atoms with E-state index in [2.05, 4.69) is 0 Å². The highest BCUT2D eigenvalue weighted by Crippen LogP contribution is 2.28. The molecule has 1 atom stereocenters. The predicted molar refractivity (Wildman–Crippen MR) is 72.3 cm³/mol. The molecule has 0 amide bonds. The van der Waals surface area contributed by atoms with Crippen LogP contribution in [0, 0.1) is 0 Å². The number of carbonyl (C=O) groups is 1. The smallest absolute Gasteiger partial charge is 0.342 e. The highest BCUT2D eigenvalue weighted by atomic mass is 35.5. The van der Waals surface area contributed by atoms with E-state index < -0.39 is 11.5 Å². The summed E-state index contributed by atoms with van der Waals surface area (Å²) < 4.78 is 0. The third kappa shape index (κ3) is 2.63. The van der Waals surface area contributed by atoms with Crippen LogP contribution in [-0.2, 0) is 4.79 Å². The molecule has 2 aromatic rings. The van der Waals surface area contributed by atoms with E-state index in [-0.39, 0.29) is 0 Å². The Morgan fingerprint density at radius 2 is 1.33 bits per heavy atom. The second-order valence-corrected chi connectivity index (χ2v) is 4.13. The molecule has 0 spiro atoms. The number of para-hydroxylation sites is 2. The normalized spacial score (nSPS) is 11.8. The van der Waals surface area contributed by atoms with Gasteiger partial charge in [-0.25, -0.2) is 4.79 Å². The summed E-state index contributed by atoms with van der Waals surface area (Å²) >= 11 is 5.98. The van der Waals surface area contributed by atoms with Gasteiger partial charge in [0.1, 0.15) is 0 Å². The van der Waals surface area contributed by atoms with Crippen LogP contribution in [0.2, 0.25) is 0 Å². The molecule has 2 aromatic carbocycles. The van der Waals surface area contributed by atoms with Crippen LogP contribution in [0.5, 0.6) is 0 Å². The first-order chi connectivity index (χ1) is 8.70. The number of halogens is 1. The van der Waals surface area contributed by atoms with E-state index >= 15 is 0 Å². The Kier molecular flexibility index (Phi) is 3.85. The van der Waals surface area contributed by atoms with Crippen molar-refractivity contribution in [2.75, 3.05) is 4.90 Å². The zero-order chi connectivity index (χ0) is 13.0. The molecule has 0 bridgehead atoms. The number of hydrogen-bond acceptors (Lipinski definition) is 2. The number of rotatable bonds is 4. The Bertz CT molecular complexity index is 476. The average Bonchev–Trinajstić information content (AvgIpc) is 2.41. The molecule has 0 aromatic heterocycles. The summed E-state index contributed by atoms with van der Waals surface area (Å²) in [4.78, 5) is 12.7. The molecule has 92 valence electrons. The van der Waals surface area contributed by atoms with Crippen molar-refractivity contribution in [2.45, 2.75) is 5.50 Å². The summed E-state index contributed by atoms with van der Waals surface area (Å²) in [5.41, 5.74) is 0.340. The van der Waals surface area contributed by atoms with Gasteiger partial charge in [0.05, 0.1) is 0 Å². The van der Waals surface area contributed by atoms with Crippen molar-refractivity contribution >= 4 is 28.9 Å². The number of aliphatic carboxylic acids is 1. The van der Waals surface area contributed by atoms with Gasteiger partial charge in [0.25, 0.3) is 0 Å². The van der Waals surface area contributed by atoms with Crippen LogP contribution in [-0.4, -0.2) is 16.6 Å². The lowest BCUT2D eigenvalue weighted by Crippen LogP contribution is -2.33. The third-order valence-corrected chi connectivity index (χ3v) is 2.88. The molecular weight excluding hydrogens is 250 g/mol. The van der Waals surface area contributed by atoms with E-state index in [1.807, 2.05) is 60.7 Å². The standard InChI is InChI=1S/C14H12ClNO2/c15-13(14(17)18)16(11-7-3-1-4-8-11)12-9-5-2-6-10-12/h1-10,13H,(H,17,18). The van der Waals surface area contributed by atoms with Crippen LogP contribution in [0.3, 0.4) is 0 Å². The number of benzene rings is 2. The number of carboxylic acid groups (broad SMARTS) is 1. The first-order valence-corrected chi connectivity index (χ1v) is 5.90. The van der Waals surface area contributed by atoms with Crippen molar-refractivity contribution in [3.05, 3.63) is 60.7 Å². The lowest BCUT2D eigenvalue weighted by Gasteiger charge is -2.27. The summed E-state index contributed by atoms with van der Waals surface area (Å²) in [6, 6.07) is 18.4. The van der Waals surface area contributed by atoms with Crippen LogP contribution in [0.15, 0.2) is 60.7 Å². The second-order valence-electron chi connectivity index (χ2n) is 3.72. The van der Waals surface area contributed by atoms with Gasteiger partial charge in [0.15, 0.2) is 0 Å². The summed E-state index contributed by atoms with van der Waals surface area (Å²) in [5.74, 6) is -1.08. The lowest BCUT2D eigenvalue weighted by atomic mass is 10.2. The van der Waals surface area contributed by atoms with E-state index in [0.29, 0.717) is 0 Å². The molecule has 3 nitrogen and oxygen atoms in total. The van der Waals surface area contributed by atoms with Gasteiger partial charge in [-0.2, -0.15) is 0 Å². The van der Waals surface area contributed by atoms with Crippen LogP contribution >= 0.6 is 11.6 Å². The molecule has 0 aliphatic carbocycles. The molecule has 0 saturated heterocycles. The molecule has 2 rings (SSSR count). The topological polar surface area (TPSA) is 40.5 Å². The molecule has 0 fully saturated rings. The van der Waals surface area contributed by atoms with Gasteiger partial charge in [0.2, 0.25) is 5.50 Å². The average molecular weight is 262 g/mol. The Balaban J connectivity index is 2.45. The largest absolute Gasteiger partial charge is 0.479 e. The fourth-order valence-electron chi connectivity index (χ4n) is 1.70. The Morgan fingerprint density at radius 1 is 0.944 bits per heavy atom. The van der Waals surface area contributed by atoms with Crippen molar-refractivity contribution in [1.29, 1.82) is 0 Å². The third-order valence-electron chi connectivity index (χ3n) is 2.50. The molecule has 0 heterocycles. The van der Waals surface area contributed by atoms with Crippen LogP contribution in [0.4, 0.5) is 11.4 Å². The quantitative estimate of drug-likeness (QED) is 0.677. The number of anilines is 2. The van der Waals surface area contributed by atoms with E-state index in [1.54, 1.807) is 4.90 Å². The van der Waals surface area contributed by atoms with Crippen LogP contribution in [0.1, 0.15) is 0 Å². The maximum absolute atomic E-state index is 11.1. The number of carboxylic acids is 1. The molecule has 0 aliphatic rings. The summed E-state index contributed by atoms with van der Waals surface area (Å²) in [6.07, 6.45) is 0. The molecular formula is C14H12ClNO2. The van der Waals surface area contributed by atoms with Gasteiger partial charge in [-0.15, -0.1) is 0 Å². The van der Waals surface area contributed by atoms with E-state index in [0.717, 1.165) is 11.4 Å². The van der Waals surface area contributed by atoms with Gasteiger partial charge in [-0.3, -0.25) is 0 Å². The Labute approximate surface area is 110 Å². The van der Waals surface area contributed by atoms with Gasteiger partial charge < -0.3 is 10.0 Å². The van der Waals surface area contributed by atoms with Crippen molar-refractivity contribution in [3.8, 4) is 0 Å². The fourth-order valence-corrected chi connectivity index (χ4v) is 1.92. The first kappa shape index (κ1) is 12.5. The van der Waals surface area contributed by atoms with E-state index in [9.17, 15) is 4.79 Å². The zero-order valence-corrected chi connectivity index (χ0v) is 10.3. The van der Waals surface area contributed by atoms with Crippen LogP contribution < -0.4 is 4.90 Å². The maximum atomic E-state index is 11.1. The molecule has 1 N–H and O–H groups in total. The fraction of sp³-hybridized carbons (Fsp3) is 0.0714. The maximum Gasteiger partial charge on any atom is 0.342 e. The predicted octanol–water partition coefficient (Wildman–Crippen LogP) is 3.47. The Hall–Kier alpha value is -2.00. The SMILES string of the molecule is O=C(O)C(Cl)N(c1ccccc1)c1ccccc1. The van der Waals surface area contributed by atoms with Gasteiger partial charge in [-0.05, 0) is 24.3 Å². The minimum atomic E-state index is -1.14. The van der Waals surface area contributed by atoms with Gasteiger partial charge in [0, 0.05) is 11.4 Å². The molecule has 4 heteroatoms. The summed E-state index contributed by atoms with van der Waals surface area (Å²) in [6.45, 7) is 0. The lowest BCUT2D eigenvalue weighted by molar-refractivity contribution is -0.136. The minimum absolute atomic E-state index is 0.742. The number of nitrogens with zero attached hydrogens (tertiary/aromatic N) is 1. The second kappa shape index (κ2) is 5.56. The summed E-state index contributed by atoms with van der Waals surface area (Å²) in [5, 5.41) is 9.10. The van der Waals surface area contributed by atoms with Crippen molar-refractivity contribution in [2.24, 2.45) is 0 Å². The molecule has 0 saturated carbocycles. The molecule has 0 radical (unpaired) electrons. The van der Waals surface area contributed by atoms with Crippen LogP contribution in [0.25, 0.3) is 0 Å². The summed E-state index contributed by atoms with van der Waals surface area (Å²) in [7, 11) is 0. The van der Waals surface area contributed by atoms with Gasteiger partial charge >= 0.3 is 5.97 Å². The van der Waals surface area contributed by atoms with E-state index in [1.165, 1.54) is 0 Å². The van der Waals surface area contributed by atoms with E-state index in [4.69, 9.17) is 16.7 Å². The molecule has 0 aliphatic heterocycles. The highest BCUT2D eigenvalue weighted by molar-refractivity contribution is 6.31. The molecule has 1 unspecified atom stereocenters.